The van der Waals surface area contributed by atoms with Crippen LogP contribution in [0.15, 0.2) is 133 Å². The average molecular weight is 1100 g/mol. The molecule has 0 aliphatic heterocycles. The minimum Gasteiger partial charge on any atom is -0.508 e. The molecular weight excluding hydrogens is 1050 g/mol. The van der Waals surface area contributed by atoms with Crippen molar-refractivity contribution in [3.63, 3.8) is 0 Å². The Kier molecular flexibility index (Phi) is 22.8. The molecule has 6 aromatic rings. The van der Waals surface area contributed by atoms with Crippen molar-refractivity contribution in [2.75, 3.05) is 69.2 Å². The van der Waals surface area contributed by atoms with Crippen molar-refractivity contribution in [3.8, 4) is 46.0 Å². The number of benzene rings is 6. The number of para-hydroxylation sites is 2. The molecule has 75 heavy (non-hydrogen) atoms. The number of aromatic hydroxyl groups is 1. The quantitative estimate of drug-likeness (QED) is 0.0496. The second kappa shape index (κ2) is 28.4. The number of phenols is 1. The Morgan fingerprint density at radius 3 is 1.25 bits per heavy atom. The third-order valence-electron chi connectivity index (χ3n) is 9.65. The van der Waals surface area contributed by atoms with E-state index in [1.807, 2.05) is 24.3 Å². The zero-order valence-electron chi connectivity index (χ0n) is 41.8. The summed E-state index contributed by atoms with van der Waals surface area (Å²) in [5, 5.41) is 10.2. The van der Waals surface area contributed by atoms with Crippen LogP contribution >= 0.6 is 0 Å². The standard InChI is InChI=1S/C25H26FNO7S.C22H20FNO4.C4H10O6S2/c1-18(28)27(23-16-20(26)9-11-25(23)34-21-7-5-4-6-8-21)17-19-15-22(31-2)10-12-24(19)32-13-14-33-35(3,29)30;1-15(25)24(14-16-12-19(27-2)9-10-21(16)26)20-13-17(23)8-11-22(20)28-18-6-4-3-5-7-18;1-11(5,6)9-3-4-10-12(2,7)8/h4-12,15-16H,13-14,17H2,1-3H3;3-13,26H,14H2,1-2H3;3-4H2,1-2H3. The summed E-state index contributed by atoms with van der Waals surface area (Å²) < 4.78 is 133. The van der Waals surface area contributed by atoms with Crippen molar-refractivity contribution >= 4 is 53.5 Å². The van der Waals surface area contributed by atoms with E-state index in [0.29, 0.717) is 51.4 Å². The number of halogens is 2. The van der Waals surface area contributed by atoms with Gasteiger partial charge in [0.05, 0.1) is 70.7 Å². The Balaban J connectivity index is 0.000000271. The van der Waals surface area contributed by atoms with Crippen LogP contribution in [0.2, 0.25) is 0 Å². The molecule has 24 heteroatoms. The minimum absolute atomic E-state index is 0.00338. The first kappa shape index (κ1) is 60.2. The van der Waals surface area contributed by atoms with E-state index in [1.54, 1.807) is 66.7 Å². The molecule has 0 aliphatic carbocycles. The summed E-state index contributed by atoms with van der Waals surface area (Å²) in [5.74, 6) is 1.43. The second-order valence-corrected chi connectivity index (χ2v) is 20.6. The number of carbonyl (C=O) groups excluding carboxylic acids is 2. The predicted molar refractivity (Wildman–Crippen MR) is 275 cm³/mol. The summed E-state index contributed by atoms with van der Waals surface area (Å²) in [6, 6.07) is 35.6. The van der Waals surface area contributed by atoms with Gasteiger partial charge in [-0.3, -0.25) is 22.1 Å². The Bertz CT molecular complexity index is 3160. The van der Waals surface area contributed by atoms with Gasteiger partial charge in [-0.05, 0) is 84.9 Å². The topological polar surface area (TPSA) is 237 Å². The summed E-state index contributed by atoms with van der Waals surface area (Å²) in [4.78, 5) is 27.8. The van der Waals surface area contributed by atoms with Crippen LogP contribution in [0.5, 0.6) is 46.0 Å². The summed E-state index contributed by atoms with van der Waals surface area (Å²) >= 11 is 0. The maximum atomic E-state index is 14.2. The number of anilines is 2. The largest absolute Gasteiger partial charge is 0.508 e. The highest BCUT2D eigenvalue weighted by Gasteiger charge is 2.23. The number of hydrogen-bond acceptors (Lipinski definition) is 17. The lowest BCUT2D eigenvalue weighted by Gasteiger charge is -2.25. The summed E-state index contributed by atoms with van der Waals surface area (Å²) in [6.07, 6.45) is 2.69. The minimum atomic E-state index is -3.60. The molecule has 0 radical (unpaired) electrons. The van der Waals surface area contributed by atoms with Gasteiger partial charge in [0.2, 0.25) is 11.8 Å². The number of amides is 2. The zero-order chi connectivity index (χ0) is 55.3. The van der Waals surface area contributed by atoms with Crippen molar-refractivity contribution < 1.29 is 85.0 Å². The highest BCUT2D eigenvalue weighted by molar-refractivity contribution is 7.86. The Morgan fingerprint density at radius 2 is 0.853 bits per heavy atom. The van der Waals surface area contributed by atoms with Gasteiger partial charge in [-0.25, -0.2) is 8.78 Å². The molecule has 1 N–H and O–H groups in total. The van der Waals surface area contributed by atoms with Gasteiger partial charge in [0, 0.05) is 37.1 Å². The van der Waals surface area contributed by atoms with E-state index >= 15 is 0 Å². The molecule has 0 aliphatic rings. The molecule has 0 atom stereocenters. The maximum absolute atomic E-state index is 14.2. The highest BCUT2D eigenvalue weighted by atomic mass is 32.2. The normalized spacial score (nSPS) is 11.2. The molecule has 0 saturated heterocycles. The fourth-order valence-electron chi connectivity index (χ4n) is 6.35. The van der Waals surface area contributed by atoms with Gasteiger partial charge >= 0.3 is 0 Å². The number of nitrogens with zero attached hydrogens (tertiary/aromatic N) is 2. The highest BCUT2D eigenvalue weighted by Crippen LogP contribution is 2.37. The maximum Gasteiger partial charge on any atom is 0.264 e. The van der Waals surface area contributed by atoms with E-state index in [1.165, 1.54) is 80.3 Å². The lowest BCUT2D eigenvalue weighted by molar-refractivity contribution is -0.117. The van der Waals surface area contributed by atoms with Gasteiger partial charge in [0.1, 0.15) is 59.3 Å². The Hall–Kier alpha value is -7.35. The van der Waals surface area contributed by atoms with Crippen molar-refractivity contribution in [1.29, 1.82) is 0 Å². The van der Waals surface area contributed by atoms with Crippen LogP contribution in [0.3, 0.4) is 0 Å². The summed E-state index contributed by atoms with van der Waals surface area (Å²) in [6.45, 7) is 1.93. The van der Waals surface area contributed by atoms with Gasteiger partial charge in [-0.2, -0.15) is 25.3 Å². The lowest BCUT2D eigenvalue weighted by Crippen LogP contribution is -2.28. The molecule has 404 valence electrons. The number of ether oxygens (including phenoxy) is 5. The molecule has 19 nitrogen and oxygen atoms in total. The first-order valence-electron chi connectivity index (χ1n) is 22.1. The molecule has 0 fully saturated rings. The van der Waals surface area contributed by atoms with E-state index in [-0.39, 0.29) is 68.5 Å². The van der Waals surface area contributed by atoms with Crippen LogP contribution in [0.25, 0.3) is 0 Å². The van der Waals surface area contributed by atoms with Gasteiger partial charge in [0.25, 0.3) is 30.4 Å². The first-order valence-corrected chi connectivity index (χ1v) is 27.6. The molecule has 0 aromatic heterocycles. The van der Waals surface area contributed by atoms with Gasteiger partial charge in [-0.1, -0.05) is 36.4 Å². The van der Waals surface area contributed by atoms with Crippen molar-refractivity contribution in [1.82, 2.24) is 0 Å². The molecule has 6 aromatic carbocycles. The number of methoxy groups -OCH3 is 2. The summed E-state index contributed by atoms with van der Waals surface area (Å²) in [7, 11) is -7.62. The van der Waals surface area contributed by atoms with E-state index < -0.39 is 42.0 Å². The van der Waals surface area contributed by atoms with Gasteiger partial charge in [-0.15, -0.1) is 0 Å². The van der Waals surface area contributed by atoms with E-state index in [2.05, 4.69) is 8.37 Å². The molecule has 2 amide bonds. The van der Waals surface area contributed by atoms with Crippen LogP contribution in [0.1, 0.15) is 25.0 Å². The van der Waals surface area contributed by atoms with Crippen molar-refractivity contribution in [2.45, 2.75) is 26.9 Å². The van der Waals surface area contributed by atoms with Crippen LogP contribution in [-0.2, 0) is 65.6 Å². The van der Waals surface area contributed by atoms with Crippen LogP contribution in [0, 0.1) is 11.6 Å². The summed E-state index contributed by atoms with van der Waals surface area (Å²) in [5.41, 5.74) is 1.51. The number of phenolic OH excluding ortho intramolecular Hbond substituents is 1. The fraction of sp³-hybridized carbons (Fsp3) is 0.255. The molecule has 0 heterocycles. The molecule has 6 rings (SSSR count). The Morgan fingerprint density at radius 1 is 0.480 bits per heavy atom. The molecular formula is C51H56F2N2O17S3. The molecule has 0 spiro atoms. The third-order valence-corrected chi connectivity index (χ3v) is 11.4. The Labute approximate surface area is 435 Å². The second-order valence-electron chi connectivity index (χ2n) is 15.7. The van der Waals surface area contributed by atoms with Gasteiger partial charge < -0.3 is 38.6 Å². The van der Waals surface area contributed by atoms with E-state index in [0.717, 1.165) is 18.8 Å². The number of carbonyl (C=O) groups is 2. The SMILES string of the molecule is COc1ccc(O)c(CN(C(C)=O)c2cc(F)ccc2Oc2ccccc2)c1.COc1ccc(OCCOS(C)(=O)=O)c(CN(C(C)=O)c2cc(F)ccc2Oc2ccccc2)c1.CS(=O)(=O)OCCOS(C)(=O)=O. The molecule has 0 unspecified atom stereocenters. The average Bonchev–Trinajstić information content (AvgIpc) is 3.34. The third kappa shape index (κ3) is 21.6. The van der Waals surface area contributed by atoms with Gasteiger partial charge in [0.15, 0.2) is 11.5 Å². The molecule has 0 bridgehead atoms. The van der Waals surface area contributed by atoms with Crippen LogP contribution < -0.4 is 33.5 Å². The smallest absolute Gasteiger partial charge is 0.264 e. The van der Waals surface area contributed by atoms with Crippen LogP contribution in [-0.4, -0.2) is 102 Å². The van der Waals surface area contributed by atoms with E-state index in [4.69, 9.17) is 27.9 Å². The van der Waals surface area contributed by atoms with E-state index in [9.17, 15) is 48.7 Å². The van der Waals surface area contributed by atoms with Crippen molar-refractivity contribution in [3.05, 3.63) is 156 Å². The zero-order valence-corrected chi connectivity index (χ0v) is 44.2. The number of rotatable bonds is 22. The monoisotopic (exact) mass is 1100 g/mol. The number of hydrogen-bond donors (Lipinski definition) is 1. The van der Waals surface area contributed by atoms with Crippen molar-refractivity contribution in [2.24, 2.45) is 0 Å². The molecule has 0 saturated carbocycles. The first-order chi connectivity index (χ1) is 35.3. The predicted octanol–water partition coefficient (Wildman–Crippen LogP) is 8.36. The fourth-order valence-corrected chi connectivity index (χ4v) is 7.46. The van der Waals surface area contributed by atoms with Crippen LogP contribution in [0.4, 0.5) is 20.2 Å². The lowest BCUT2D eigenvalue weighted by atomic mass is 10.1.